The number of carboxylic acids is 1. The van der Waals surface area contributed by atoms with E-state index in [-0.39, 0.29) is 6.54 Å². The molecule has 1 aliphatic rings. The van der Waals surface area contributed by atoms with Gasteiger partial charge in [-0.2, -0.15) is 0 Å². The van der Waals surface area contributed by atoms with Crippen LogP contribution in [-0.2, 0) is 23.1 Å². The minimum Gasteiger partial charge on any atom is -0.479 e. The number of imidazole rings is 1. The average Bonchev–Trinajstić information content (AvgIpc) is 2.96. The van der Waals surface area contributed by atoms with Crippen molar-refractivity contribution in [2.45, 2.75) is 44.9 Å². The van der Waals surface area contributed by atoms with E-state index >= 15 is 0 Å². The van der Waals surface area contributed by atoms with E-state index in [9.17, 15) is 14.7 Å². The van der Waals surface area contributed by atoms with Crippen molar-refractivity contribution in [2.75, 3.05) is 13.1 Å². The summed E-state index contributed by atoms with van der Waals surface area (Å²) in [6.45, 7) is 6.61. The number of rotatable bonds is 4. The number of aliphatic carboxylic acids is 1. The first-order valence-corrected chi connectivity index (χ1v) is 7.53. The van der Waals surface area contributed by atoms with E-state index in [1.54, 1.807) is 33.3 Å². The van der Waals surface area contributed by atoms with Crippen LogP contribution >= 0.6 is 0 Å². The highest BCUT2D eigenvalue weighted by atomic mass is 16.6. The number of nitrogens with zero attached hydrogens (tertiary/aromatic N) is 3. The summed E-state index contributed by atoms with van der Waals surface area (Å²) in [5.74, 6) is -1.05. The van der Waals surface area contributed by atoms with Crippen LogP contribution in [0.1, 0.15) is 32.9 Å². The van der Waals surface area contributed by atoms with Gasteiger partial charge in [0, 0.05) is 32.9 Å². The first-order valence-electron chi connectivity index (χ1n) is 7.53. The summed E-state index contributed by atoms with van der Waals surface area (Å²) >= 11 is 0. The van der Waals surface area contributed by atoms with Crippen LogP contribution in [0.25, 0.3) is 0 Å². The molecular weight excluding hydrogens is 300 g/mol. The molecular formula is C15H24N4O4. The molecule has 2 rings (SSSR count). The van der Waals surface area contributed by atoms with Gasteiger partial charge in [-0.15, -0.1) is 0 Å². The minimum atomic E-state index is -1.32. The molecule has 1 saturated heterocycles. The Morgan fingerprint density at radius 3 is 2.70 bits per heavy atom. The maximum absolute atomic E-state index is 12.0. The number of ether oxygens (including phenoxy) is 1. The van der Waals surface area contributed by atoms with Crippen molar-refractivity contribution in [3.63, 3.8) is 0 Å². The molecule has 1 aliphatic heterocycles. The maximum atomic E-state index is 12.0. The van der Waals surface area contributed by atoms with Crippen molar-refractivity contribution in [3.8, 4) is 0 Å². The molecule has 2 heterocycles. The van der Waals surface area contributed by atoms with Crippen molar-refractivity contribution in [1.82, 2.24) is 19.8 Å². The molecule has 1 aromatic heterocycles. The number of carbonyl (C=O) groups excluding carboxylic acids is 1. The van der Waals surface area contributed by atoms with Crippen LogP contribution in [0.15, 0.2) is 12.5 Å². The van der Waals surface area contributed by atoms with Gasteiger partial charge >= 0.3 is 12.1 Å². The highest BCUT2D eigenvalue weighted by Gasteiger charge is 2.47. The molecule has 0 radical (unpaired) electrons. The maximum Gasteiger partial charge on any atom is 0.408 e. The fourth-order valence-electron chi connectivity index (χ4n) is 2.62. The molecule has 0 saturated carbocycles. The molecule has 1 aromatic rings. The van der Waals surface area contributed by atoms with Crippen molar-refractivity contribution in [1.29, 1.82) is 0 Å². The second-order valence-electron chi connectivity index (χ2n) is 6.97. The van der Waals surface area contributed by atoms with E-state index < -0.39 is 23.2 Å². The third-order valence-electron chi connectivity index (χ3n) is 3.80. The summed E-state index contributed by atoms with van der Waals surface area (Å²) < 4.78 is 7.08. The van der Waals surface area contributed by atoms with Crippen molar-refractivity contribution >= 4 is 12.1 Å². The quantitative estimate of drug-likeness (QED) is 0.857. The van der Waals surface area contributed by atoms with Gasteiger partial charge < -0.3 is 19.7 Å². The van der Waals surface area contributed by atoms with Gasteiger partial charge in [0.2, 0.25) is 0 Å². The fourth-order valence-corrected chi connectivity index (χ4v) is 2.62. The van der Waals surface area contributed by atoms with Gasteiger partial charge in [0.05, 0.1) is 12.0 Å². The predicted molar refractivity (Wildman–Crippen MR) is 82.8 cm³/mol. The molecule has 0 bridgehead atoms. The van der Waals surface area contributed by atoms with Crippen LogP contribution in [0, 0.1) is 0 Å². The van der Waals surface area contributed by atoms with E-state index in [2.05, 4.69) is 10.3 Å². The van der Waals surface area contributed by atoms with Gasteiger partial charge in [-0.05, 0) is 27.2 Å². The number of carbonyl (C=O) groups is 2. The molecule has 8 nitrogen and oxygen atoms in total. The summed E-state index contributed by atoms with van der Waals surface area (Å²) in [6, 6.07) is 0. The standard InChI is InChI=1S/C15H24N4O4/c1-14(2,3)23-13(22)17-15(12(20)21)5-6-19(9-15)8-11-7-16-10-18(11)4/h7,10H,5-6,8-9H2,1-4H3,(H,17,22)(H,20,21). The number of amides is 1. The van der Waals surface area contributed by atoms with Gasteiger partial charge in [-0.1, -0.05) is 0 Å². The summed E-state index contributed by atoms with van der Waals surface area (Å²) in [5, 5.41) is 12.1. The molecule has 1 amide bonds. The summed E-state index contributed by atoms with van der Waals surface area (Å²) in [4.78, 5) is 29.7. The second-order valence-corrected chi connectivity index (χ2v) is 6.97. The van der Waals surface area contributed by atoms with Crippen molar-refractivity contribution in [2.24, 2.45) is 7.05 Å². The number of aryl methyl sites for hydroxylation is 1. The lowest BCUT2D eigenvalue weighted by atomic mass is 9.99. The molecule has 1 atom stereocenters. The van der Waals surface area contributed by atoms with Gasteiger partial charge in [0.25, 0.3) is 0 Å². The Morgan fingerprint density at radius 2 is 2.17 bits per heavy atom. The third-order valence-corrected chi connectivity index (χ3v) is 3.80. The normalized spacial score (nSPS) is 22.1. The van der Waals surface area contributed by atoms with Gasteiger partial charge in [0.15, 0.2) is 5.54 Å². The zero-order chi connectivity index (χ0) is 17.3. The number of alkyl carbamates (subject to hydrolysis) is 1. The van der Waals surface area contributed by atoms with Crippen molar-refractivity contribution < 1.29 is 19.4 Å². The zero-order valence-corrected chi connectivity index (χ0v) is 14.0. The third kappa shape index (κ3) is 4.22. The molecule has 1 fully saturated rings. The van der Waals surface area contributed by atoms with Crippen LogP contribution < -0.4 is 5.32 Å². The average molecular weight is 324 g/mol. The number of likely N-dealkylation sites (tertiary alicyclic amines) is 1. The highest BCUT2D eigenvalue weighted by Crippen LogP contribution is 2.24. The molecule has 0 spiro atoms. The van der Waals surface area contributed by atoms with Gasteiger partial charge in [0.1, 0.15) is 5.60 Å². The number of carboxylic acid groups (broad SMARTS) is 1. The summed E-state index contributed by atoms with van der Waals surface area (Å²) in [5.41, 5.74) is -0.999. The minimum absolute atomic E-state index is 0.229. The van der Waals surface area contributed by atoms with Crippen LogP contribution in [0.4, 0.5) is 4.79 Å². The predicted octanol–water partition coefficient (Wildman–Crippen LogP) is 0.974. The molecule has 0 aliphatic carbocycles. The molecule has 0 aromatic carbocycles. The first kappa shape index (κ1) is 17.3. The van der Waals surface area contributed by atoms with E-state index in [4.69, 9.17) is 4.74 Å². The van der Waals surface area contributed by atoms with Crippen LogP contribution in [0.3, 0.4) is 0 Å². The first-order chi connectivity index (χ1) is 10.6. The Labute approximate surface area is 135 Å². The number of hydrogen-bond acceptors (Lipinski definition) is 5. The smallest absolute Gasteiger partial charge is 0.408 e. The van der Waals surface area contributed by atoms with E-state index in [1.165, 1.54) is 0 Å². The zero-order valence-electron chi connectivity index (χ0n) is 14.0. The largest absolute Gasteiger partial charge is 0.479 e. The number of aromatic nitrogens is 2. The highest BCUT2D eigenvalue weighted by molar-refractivity contribution is 5.85. The van der Waals surface area contributed by atoms with Crippen LogP contribution in [0.5, 0.6) is 0 Å². The fraction of sp³-hybridized carbons (Fsp3) is 0.667. The summed E-state index contributed by atoms with van der Waals surface area (Å²) in [6.07, 6.45) is 3.08. The Morgan fingerprint density at radius 1 is 1.48 bits per heavy atom. The molecule has 23 heavy (non-hydrogen) atoms. The molecule has 8 heteroatoms. The SMILES string of the molecule is Cn1cncc1CN1CCC(NC(=O)OC(C)(C)C)(C(=O)O)C1. The molecule has 128 valence electrons. The van der Waals surface area contributed by atoms with E-state index in [0.29, 0.717) is 19.5 Å². The number of hydrogen-bond donors (Lipinski definition) is 2. The van der Waals surface area contributed by atoms with Crippen LogP contribution in [0.2, 0.25) is 0 Å². The summed E-state index contributed by atoms with van der Waals surface area (Å²) in [7, 11) is 1.89. The topological polar surface area (TPSA) is 96.7 Å². The Kier molecular flexibility index (Phi) is 4.65. The van der Waals surface area contributed by atoms with E-state index in [1.807, 2.05) is 16.5 Å². The lowest BCUT2D eigenvalue weighted by molar-refractivity contribution is -0.144. The van der Waals surface area contributed by atoms with Gasteiger partial charge in [-0.25, -0.2) is 14.6 Å². The lowest BCUT2D eigenvalue weighted by Crippen LogP contribution is -2.57. The Balaban J connectivity index is 2.04. The lowest BCUT2D eigenvalue weighted by Gasteiger charge is -2.28. The Hall–Kier alpha value is -2.09. The molecule has 2 N–H and O–H groups in total. The Bertz CT molecular complexity index is 593. The van der Waals surface area contributed by atoms with E-state index in [0.717, 1.165) is 5.69 Å². The van der Waals surface area contributed by atoms with Gasteiger partial charge in [-0.3, -0.25) is 4.90 Å². The van der Waals surface area contributed by atoms with Crippen molar-refractivity contribution in [3.05, 3.63) is 18.2 Å². The second kappa shape index (κ2) is 6.19. The number of nitrogens with one attached hydrogen (secondary N) is 1. The monoisotopic (exact) mass is 324 g/mol. The molecule has 1 unspecified atom stereocenters. The van der Waals surface area contributed by atoms with Crippen LogP contribution in [-0.4, -0.2) is 55.8 Å².